The van der Waals surface area contributed by atoms with Crippen molar-refractivity contribution < 1.29 is 9.59 Å². The summed E-state index contributed by atoms with van der Waals surface area (Å²) in [5.41, 5.74) is 1.53. The van der Waals surface area contributed by atoms with E-state index in [0.717, 1.165) is 20.9 Å². The molecule has 3 rings (SSSR count). The summed E-state index contributed by atoms with van der Waals surface area (Å²) in [5.74, 6) is -0.412. The van der Waals surface area contributed by atoms with Crippen molar-refractivity contribution in [2.45, 2.75) is 26.3 Å². The summed E-state index contributed by atoms with van der Waals surface area (Å²) in [6.07, 6.45) is 0.718. The van der Waals surface area contributed by atoms with Crippen LogP contribution in [0.1, 0.15) is 20.3 Å². The summed E-state index contributed by atoms with van der Waals surface area (Å²) in [7, 11) is 0. The number of rotatable bonds is 7. The summed E-state index contributed by atoms with van der Waals surface area (Å²) in [4.78, 5) is 25.4. The lowest BCUT2D eigenvalue weighted by atomic mass is 9.98. The zero-order valence-electron chi connectivity index (χ0n) is 16.9. The van der Waals surface area contributed by atoms with E-state index in [1.54, 1.807) is 12.1 Å². The van der Waals surface area contributed by atoms with Gasteiger partial charge in [-0.1, -0.05) is 75.6 Å². The van der Waals surface area contributed by atoms with E-state index < -0.39 is 12.1 Å². The summed E-state index contributed by atoms with van der Waals surface area (Å²) in [6, 6.07) is 13.7. The molecule has 31 heavy (non-hydrogen) atoms. The number of carbonyl (C=O) groups excluding carboxylic acids is 2. The molecule has 0 radical (unpaired) electrons. The molecule has 2 unspecified atom stereocenters. The fourth-order valence-corrected chi connectivity index (χ4v) is 4.15. The Morgan fingerprint density at radius 2 is 1.77 bits per heavy atom. The van der Waals surface area contributed by atoms with Crippen molar-refractivity contribution in [3.05, 3.63) is 57.5 Å². The van der Waals surface area contributed by atoms with E-state index in [1.807, 2.05) is 50.2 Å². The molecule has 0 saturated heterocycles. The number of nitrogens with zero attached hydrogens (tertiary/aromatic N) is 2. The molecule has 162 valence electrons. The number of halogens is 2. The zero-order chi connectivity index (χ0) is 22.4. The van der Waals surface area contributed by atoms with Crippen LogP contribution in [0.3, 0.4) is 0 Å². The quantitative estimate of drug-likeness (QED) is 0.331. The van der Waals surface area contributed by atoms with Crippen LogP contribution in [-0.4, -0.2) is 28.2 Å². The van der Waals surface area contributed by atoms with Crippen molar-refractivity contribution in [3.8, 4) is 10.6 Å². The van der Waals surface area contributed by atoms with Gasteiger partial charge in [-0.25, -0.2) is 4.79 Å². The van der Waals surface area contributed by atoms with Crippen molar-refractivity contribution in [2.24, 2.45) is 5.92 Å². The maximum Gasteiger partial charge on any atom is 0.319 e. The number of hydrogen-bond acceptors (Lipinski definition) is 5. The van der Waals surface area contributed by atoms with Crippen LogP contribution in [0, 0.1) is 5.92 Å². The number of anilines is 2. The molecular weight excluding hydrogens is 546 g/mol. The van der Waals surface area contributed by atoms with Crippen molar-refractivity contribution in [1.82, 2.24) is 15.5 Å². The van der Waals surface area contributed by atoms with Gasteiger partial charge in [-0.15, -0.1) is 10.2 Å². The topological polar surface area (TPSA) is 96.0 Å². The van der Waals surface area contributed by atoms with Crippen LogP contribution in [0.4, 0.5) is 15.6 Å². The molecule has 7 nitrogen and oxygen atoms in total. The predicted molar refractivity (Wildman–Crippen MR) is 131 cm³/mol. The van der Waals surface area contributed by atoms with Gasteiger partial charge in [0.25, 0.3) is 0 Å². The highest BCUT2D eigenvalue weighted by Gasteiger charge is 2.27. The largest absolute Gasteiger partial charge is 0.326 e. The van der Waals surface area contributed by atoms with Crippen molar-refractivity contribution >= 4 is 66.0 Å². The molecule has 3 aromatic rings. The lowest BCUT2D eigenvalue weighted by molar-refractivity contribution is -0.119. The lowest BCUT2D eigenvalue weighted by Crippen LogP contribution is -2.49. The molecule has 0 saturated carbocycles. The number of carbonyl (C=O) groups is 2. The molecule has 0 aliphatic carbocycles. The smallest absolute Gasteiger partial charge is 0.319 e. The molecule has 10 heteroatoms. The number of hydrogen-bond donors (Lipinski definition) is 3. The monoisotopic (exact) mass is 565 g/mol. The Balaban J connectivity index is 1.67. The second kappa shape index (κ2) is 10.8. The van der Waals surface area contributed by atoms with Crippen LogP contribution in [0.25, 0.3) is 10.6 Å². The van der Waals surface area contributed by atoms with E-state index >= 15 is 0 Å². The average Bonchev–Trinajstić information content (AvgIpc) is 3.21. The highest BCUT2D eigenvalue weighted by atomic mass is 79.9. The van der Waals surface area contributed by atoms with Gasteiger partial charge in [0.15, 0.2) is 0 Å². The fourth-order valence-electron chi connectivity index (χ4n) is 2.74. The van der Waals surface area contributed by atoms with Gasteiger partial charge in [0.1, 0.15) is 11.0 Å². The normalized spacial score (nSPS) is 12.6. The Morgan fingerprint density at radius 1 is 1.03 bits per heavy atom. The molecule has 2 aromatic carbocycles. The molecule has 1 aromatic heterocycles. The minimum Gasteiger partial charge on any atom is -0.326 e. The van der Waals surface area contributed by atoms with E-state index in [0.29, 0.717) is 15.8 Å². The summed E-state index contributed by atoms with van der Waals surface area (Å²) < 4.78 is 1.85. The van der Waals surface area contributed by atoms with Gasteiger partial charge < -0.3 is 10.6 Å². The Morgan fingerprint density at radius 3 is 2.45 bits per heavy atom. The summed E-state index contributed by atoms with van der Waals surface area (Å²) >= 11 is 8.07. The van der Waals surface area contributed by atoms with Gasteiger partial charge in [0.05, 0.1) is 0 Å². The van der Waals surface area contributed by atoms with E-state index in [4.69, 9.17) is 0 Å². The van der Waals surface area contributed by atoms with Crippen LogP contribution >= 0.6 is 43.2 Å². The Hall–Kier alpha value is -2.30. The maximum atomic E-state index is 12.9. The average molecular weight is 567 g/mol. The lowest BCUT2D eigenvalue weighted by Gasteiger charge is -2.23. The van der Waals surface area contributed by atoms with Gasteiger partial charge >= 0.3 is 6.03 Å². The third kappa shape index (κ3) is 6.59. The highest BCUT2D eigenvalue weighted by molar-refractivity contribution is 9.10. The zero-order valence-corrected chi connectivity index (χ0v) is 20.8. The van der Waals surface area contributed by atoms with Crippen LogP contribution in [0.5, 0.6) is 0 Å². The van der Waals surface area contributed by atoms with Crippen molar-refractivity contribution in [2.75, 3.05) is 10.6 Å². The molecule has 2 atom stereocenters. The standard InChI is InChI=1S/C21H21Br2N5O2S/c1-3-12(2)17(25-20(30)24-16-9-7-14(22)8-10-16)18(29)26-21-28-27-19(31-21)13-5-4-6-15(23)11-13/h4-12,17H,3H2,1-2H3,(H2,24,25,30)(H,26,28,29). The van der Waals surface area contributed by atoms with Crippen LogP contribution < -0.4 is 16.0 Å². The molecule has 0 spiro atoms. The third-order valence-corrected chi connectivity index (χ3v) is 6.52. The number of benzene rings is 2. The molecule has 1 heterocycles. The Bertz CT molecular complexity index is 1060. The molecular formula is C21H21Br2N5O2S. The van der Waals surface area contributed by atoms with Gasteiger partial charge in [-0.2, -0.15) is 0 Å². The van der Waals surface area contributed by atoms with Crippen molar-refractivity contribution in [3.63, 3.8) is 0 Å². The number of amides is 3. The first-order chi connectivity index (χ1) is 14.9. The van der Waals surface area contributed by atoms with Gasteiger partial charge in [0, 0.05) is 20.2 Å². The molecule has 3 N–H and O–H groups in total. The first-order valence-corrected chi connectivity index (χ1v) is 12.0. The van der Waals surface area contributed by atoms with E-state index in [1.165, 1.54) is 11.3 Å². The molecule has 0 aliphatic rings. The SMILES string of the molecule is CCC(C)C(NC(=O)Nc1ccc(Br)cc1)C(=O)Nc1nnc(-c2cccc(Br)c2)s1. The van der Waals surface area contributed by atoms with E-state index in [9.17, 15) is 9.59 Å². The molecule has 3 amide bonds. The minimum absolute atomic E-state index is 0.0758. The van der Waals surface area contributed by atoms with Crippen LogP contribution in [0.15, 0.2) is 57.5 Å². The maximum absolute atomic E-state index is 12.9. The first kappa shape index (κ1) is 23.4. The molecule has 0 fully saturated rings. The highest BCUT2D eigenvalue weighted by Crippen LogP contribution is 2.28. The Labute approximate surface area is 201 Å². The minimum atomic E-state index is -0.723. The number of nitrogens with one attached hydrogen (secondary N) is 3. The van der Waals surface area contributed by atoms with Crippen LogP contribution in [-0.2, 0) is 4.79 Å². The second-order valence-electron chi connectivity index (χ2n) is 6.88. The Kier molecular flexibility index (Phi) is 8.16. The second-order valence-corrected chi connectivity index (χ2v) is 9.69. The van der Waals surface area contributed by atoms with Gasteiger partial charge in [-0.3, -0.25) is 10.1 Å². The molecule has 0 bridgehead atoms. The third-order valence-electron chi connectivity index (χ3n) is 4.61. The van der Waals surface area contributed by atoms with E-state index in [-0.39, 0.29) is 11.8 Å². The molecule has 0 aliphatic heterocycles. The fraction of sp³-hybridized carbons (Fsp3) is 0.238. The van der Waals surface area contributed by atoms with E-state index in [2.05, 4.69) is 58.0 Å². The van der Waals surface area contributed by atoms with Gasteiger partial charge in [-0.05, 0) is 42.3 Å². The van der Waals surface area contributed by atoms with Crippen molar-refractivity contribution in [1.29, 1.82) is 0 Å². The van der Waals surface area contributed by atoms with Crippen LogP contribution in [0.2, 0.25) is 0 Å². The predicted octanol–water partition coefficient (Wildman–Crippen LogP) is 5.91. The number of aromatic nitrogens is 2. The number of urea groups is 1. The van der Waals surface area contributed by atoms with Gasteiger partial charge in [0.2, 0.25) is 11.0 Å². The summed E-state index contributed by atoms with van der Waals surface area (Å²) in [5, 5.41) is 17.6. The summed E-state index contributed by atoms with van der Waals surface area (Å²) in [6.45, 7) is 3.88. The first-order valence-electron chi connectivity index (χ1n) is 9.59.